The average Bonchev–Trinajstić information content (AvgIpc) is 2.37. The van der Waals surface area contributed by atoms with Gasteiger partial charge < -0.3 is 5.11 Å². The zero-order valence-electron chi connectivity index (χ0n) is 11.9. The van der Waals surface area contributed by atoms with Crippen LogP contribution in [0, 0.1) is 5.92 Å². The van der Waals surface area contributed by atoms with Crippen LogP contribution in [0.4, 0.5) is 0 Å². The largest absolute Gasteiger partial charge is 0.392 e. The maximum Gasteiger partial charge on any atom is 0.147 e. The molecule has 1 rings (SSSR count). The number of benzene rings is 1. The molecule has 3 atom stereocenters. The Labute approximate surface area is 116 Å². The van der Waals surface area contributed by atoms with Crippen LogP contribution in [0.3, 0.4) is 0 Å². The van der Waals surface area contributed by atoms with Gasteiger partial charge in [-0.15, -0.1) is 0 Å². The molecule has 3 unspecified atom stereocenters. The second-order valence-corrected chi connectivity index (χ2v) is 7.57. The van der Waals surface area contributed by atoms with Crippen LogP contribution in [-0.2, 0) is 9.84 Å². The molecule has 1 N–H and O–H groups in total. The molecule has 108 valence electrons. The fraction of sp³-hybridized carbons (Fsp3) is 0.600. The van der Waals surface area contributed by atoms with Gasteiger partial charge in [-0.3, -0.25) is 0 Å². The molecule has 0 aromatic heterocycles. The molecule has 19 heavy (non-hydrogen) atoms. The zero-order valence-corrected chi connectivity index (χ0v) is 12.7. The van der Waals surface area contributed by atoms with E-state index in [2.05, 4.69) is 13.8 Å². The zero-order chi connectivity index (χ0) is 14.5. The van der Waals surface area contributed by atoms with E-state index in [0.29, 0.717) is 12.3 Å². The predicted molar refractivity (Wildman–Crippen MR) is 79.0 cm³/mol. The highest BCUT2D eigenvalue weighted by Gasteiger charge is 2.26. The Balaban J connectivity index is 2.86. The fourth-order valence-electron chi connectivity index (χ4n) is 2.37. The third-order valence-corrected chi connectivity index (χ3v) is 4.62. The molecule has 0 aliphatic rings. The highest BCUT2D eigenvalue weighted by atomic mass is 32.2. The quantitative estimate of drug-likeness (QED) is 0.837. The van der Waals surface area contributed by atoms with E-state index in [0.717, 1.165) is 12.0 Å². The number of hydrogen-bond acceptors (Lipinski definition) is 3. The number of aliphatic hydroxyl groups excluding tert-OH is 1. The van der Waals surface area contributed by atoms with Crippen molar-refractivity contribution in [1.82, 2.24) is 0 Å². The third kappa shape index (κ3) is 5.33. The smallest absolute Gasteiger partial charge is 0.147 e. The molecular weight excluding hydrogens is 260 g/mol. The summed E-state index contributed by atoms with van der Waals surface area (Å²) in [6.07, 6.45) is 1.84. The van der Waals surface area contributed by atoms with E-state index in [-0.39, 0.29) is 11.7 Å². The SMILES string of the molecule is CCC(C)C(c1ccccc1)C(O)CCS(C)(=O)=O. The Kier molecular flexibility index (Phi) is 6.01. The molecule has 0 heterocycles. The summed E-state index contributed by atoms with van der Waals surface area (Å²) in [5.41, 5.74) is 1.08. The second kappa shape index (κ2) is 7.06. The normalized spacial score (nSPS) is 16.8. The summed E-state index contributed by atoms with van der Waals surface area (Å²) < 4.78 is 22.4. The lowest BCUT2D eigenvalue weighted by Crippen LogP contribution is -2.26. The number of aliphatic hydroxyl groups is 1. The molecule has 1 aromatic rings. The first kappa shape index (κ1) is 16.2. The predicted octanol–water partition coefficient (Wildman–Crippen LogP) is 2.61. The molecule has 0 saturated carbocycles. The molecule has 0 amide bonds. The first-order valence-electron chi connectivity index (χ1n) is 6.76. The Morgan fingerprint density at radius 1 is 1.21 bits per heavy atom. The van der Waals surface area contributed by atoms with Crippen molar-refractivity contribution in [1.29, 1.82) is 0 Å². The summed E-state index contributed by atoms with van der Waals surface area (Å²) in [6.45, 7) is 4.19. The van der Waals surface area contributed by atoms with Gasteiger partial charge in [0.2, 0.25) is 0 Å². The van der Waals surface area contributed by atoms with Gasteiger partial charge in [-0.25, -0.2) is 8.42 Å². The van der Waals surface area contributed by atoms with E-state index in [1.54, 1.807) is 0 Å². The Morgan fingerprint density at radius 3 is 2.26 bits per heavy atom. The Bertz CT molecular complexity index is 467. The minimum atomic E-state index is -3.03. The van der Waals surface area contributed by atoms with Crippen LogP contribution in [0.15, 0.2) is 30.3 Å². The molecule has 0 aliphatic heterocycles. The third-order valence-electron chi connectivity index (χ3n) is 3.64. The molecule has 3 nitrogen and oxygen atoms in total. The van der Waals surface area contributed by atoms with E-state index < -0.39 is 15.9 Å². The van der Waals surface area contributed by atoms with Gasteiger partial charge in [-0.2, -0.15) is 0 Å². The first-order valence-corrected chi connectivity index (χ1v) is 8.82. The van der Waals surface area contributed by atoms with Crippen molar-refractivity contribution in [3.63, 3.8) is 0 Å². The van der Waals surface area contributed by atoms with E-state index in [1.165, 1.54) is 6.26 Å². The molecule has 0 bridgehead atoms. The van der Waals surface area contributed by atoms with Crippen molar-refractivity contribution >= 4 is 9.84 Å². The number of hydrogen-bond donors (Lipinski definition) is 1. The van der Waals surface area contributed by atoms with Gasteiger partial charge in [0.05, 0.1) is 11.9 Å². The van der Waals surface area contributed by atoms with E-state index in [4.69, 9.17) is 0 Å². The Morgan fingerprint density at radius 2 is 1.79 bits per heavy atom. The van der Waals surface area contributed by atoms with Gasteiger partial charge >= 0.3 is 0 Å². The van der Waals surface area contributed by atoms with Gasteiger partial charge in [0.15, 0.2) is 0 Å². The number of sulfone groups is 1. The maximum atomic E-state index is 11.2. The van der Waals surface area contributed by atoms with Gasteiger partial charge in [0.25, 0.3) is 0 Å². The van der Waals surface area contributed by atoms with Crippen LogP contribution in [0.5, 0.6) is 0 Å². The lowest BCUT2D eigenvalue weighted by molar-refractivity contribution is 0.114. The van der Waals surface area contributed by atoms with Crippen LogP contribution < -0.4 is 0 Å². The summed E-state index contributed by atoms with van der Waals surface area (Å²) in [7, 11) is -3.03. The van der Waals surface area contributed by atoms with Gasteiger partial charge in [-0.05, 0) is 17.9 Å². The van der Waals surface area contributed by atoms with Crippen molar-refractivity contribution in [2.75, 3.05) is 12.0 Å². The molecule has 0 fully saturated rings. The summed E-state index contributed by atoms with van der Waals surface area (Å²) in [6, 6.07) is 9.85. The van der Waals surface area contributed by atoms with E-state index >= 15 is 0 Å². The van der Waals surface area contributed by atoms with Crippen LogP contribution in [0.2, 0.25) is 0 Å². The summed E-state index contributed by atoms with van der Waals surface area (Å²) in [4.78, 5) is 0. The van der Waals surface area contributed by atoms with Gasteiger partial charge in [-0.1, -0.05) is 50.6 Å². The van der Waals surface area contributed by atoms with Crippen LogP contribution in [-0.4, -0.2) is 31.6 Å². The van der Waals surface area contributed by atoms with Crippen molar-refractivity contribution in [2.45, 2.75) is 38.7 Å². The van der Waals surface area contributed by atoms with Gasteiger partial charge in [0.1, 0.15) is 9.84 Å². The fourth-order valence-corrected chi connectivity index (χ4v) is 3.04. The minimum Gasteiger partial charge on any atom is -0.392 e. The van der Waals surface area contributed by atoms with E-state index in [1.807, 2.05) is 30.3 Å². The van der Waals surface area contributed by atoms with Crippen LogP contribution >= 0.6 is 0 Å². The number of rotatable bonds is 7. The average molecular weight is 284 g/mol. The first-order chi connectivity index (χ1) is 8.85. The molecular formula is C15H24O3S. The topological polar surface area (TPSA) is 54.4 Å². The van der Waals surface area contributed by atoms with Crippen LogP contribution in [0.25, 0.3) is 0 Å². The van der Waals surface area contributed by atoms with Gasteiger partial charge in [0, 0.05) is 12.2 Å². The van der Waals surface area contributed by atoms with E-state index in [9.17, 15) is 13.5 Å². The van der Waals surface area contributed by atoms with Crippen molar-refractivity contribution in [3.8, 4) is 0 Å². The minimum absolute atomic E-state index is 0.00653. The molecule has 0 saturated heterocycles. The van der Waals surface area contributed by atoms with Crippen molar-refractivity contribution in [2.24, 2.45) is 5.92 Å². The molecule has 0 aliphatic carbocycles. The monoisotopic (exact) mass is 284 g/mol. The summed E-state index contributed by atoms with van der Waals surface area (Å²) >= 11 is 0. The molecule has 4 heteroatoms. The highest BCUT2D eigenvalue weighted by molar-refractivity contribution is 7.90. The van der Waals surface area contributed by atoms with Crippen molar-refractivity contribution < 1.29 is 13.5 Å². The molecule has 0 spiro atoms. The lowest BCUT2D eigenvalue weighted by Gasteiger charge is -2.28. The maximum absolute atomic E-state index is 11.2. The van der Waals surface area contributed by atoms with Crippen molar-refractivity contribution in [3.05, 3.63) is 35.9 Å². The molecule has 1 aromatic carbocycles. The highest BCUT2D eigenvalue weighted by Crippen LogP contribution is 2.31. The lowest BCUT2D eigenvalue weighted by atomic mass is 9.81. The molecule has 0 radical (unpaired) electrons. The second-order valence-electron chi connectivity index (χ2n) is 5.31. The Hall–Kier alpha value is -0.870. The van der Waals surface area contributed by atoms with Crippen LogP contribution in [0.1, 0.15) is 38.2 Å². The summed E-state index contributed by atoms with van der Waals surface area (Å²) in [5.74, 6) is 0.346. The summed E-state index contributed by atoms with van der Waals surface area (Å²) in [5, 5.41) is 10.4. The standard InChI is InChI=1S/C15H24O3S/c1-4-12(2)15(13-8-6-5-7-9-13)14(16)10-11-19(3,17)18/h5-9,12,14-16H,4,10-11H2,1-3H3.